The van der Waals surface area contributed by atoms with Crippen molar-refractivity contribution in [2.45, 2.75) is 13.0 Å². The zero-order valence-corrected chi connectivity index (χ0v) is 18.1. The number of hydrogen-bond acceptors (Lipinski definition) is 6. The molecule has 1 aliphatic rings. The quantitative estimate of drug-likeness (QED) is 0.322. The lowest BCUT2D eigenvalue weighted by Gasteiger charge is -2.24. The van der Waals surface area contributed by atoms with Crippen molar-refractivity contribution >= 4 is 34.7 Å². The van der Waals surface area contributed by atoms with Crippen LogP contribution in [-0.2, 0) is 9.59 Å². The number of nitrogens with zero attached hydrogens (tertiary/aromatic N) is 1. The molecule has 1 amide bonds. The van der Waals surface area contributed by atoms with E-state index in [0.717, 1.165) is 0 Å². The molecule has 7 nitrogen and oxygen atoms in total. The Bertz CT molecular complexity index is 1200. The summed E-state index contributed by atoms with van der Waals surface area (Å²) in [4.78, 5) is 27.4. The van der Waals surface area contributed by atoms with E-state index in [9.17, 15) is 14.7 Å². The smallest absolute Gasteiger partial charge is 0.300 e. The maximum Gasteiger partial charge on any atom is 0.300 e. The van der Waals surface area contributed by atoms with Crippen molar-refractivity contribution in [3.63, 3.8) is 0 Å². The number of hydrogen-bond donors (Lipinski definition) is 1. The minimum atomic E-state index is -0.981. The number of furan rings is 1. The summed E-state index contributed by atoms with van der Waals surface area (Å²) in [6.45, 7) is 2.29. The van der Waals surface area contributed by atoms with Crippen LogP contribution in [0, 0.1) is 0 Å². The molecule has 164 valence electrons. The Labute approximate surface area is 189 Å². The number of Topliss-reactive ketones (excluding diaryl/α,β-unsaturated/α-hetero) is 1. The lowest BCUT2D eigenvalue weighted by Crippen LogP contribution is -2.29. The van der Waals surface area contributed by atoms with E-state index in [0.29, 0.717) is 35.1 Å². The first-order valence-electron chi connectivity index (χ1n) is 9.87. The van der Waals surface area contributed by atoms with Crippen LogP contribution in [0.3, 0.4) is 0 Å². The Kier molecular flexibility index (Phi) is 5.92. The normalized spacial score (nSPS) is 17.6. The minimum Gasteiger partial charge on any atom is -0.507 e. The highest BCUT2D eigenvalue weighted by Crippen LogP contribution is 2.43. The van der Waals surface area contributed by atoms with Crippen molar-refractivity contribution in [1.82, 2.24) is 0 Å². The first-order chi connectivity index (χ1) is 15.5. The third-order valence-electron chi connectivity index (χ3n) is 5.09. The van der Waals surface area contributed by atoms with Crippen molar-refractivity contribution in [3.8, 4) is 11.5 Å². The summed E-state index contributed by atoms with van der Waals surface area (Å²) in [6.07, 6.45) is 1.44. The molecule has 0 aliphatic carbocycles. The molecule has 0 bridgehead atoms. The molecule has 4 rings (SSSR count). The summed E-state index contributed by atoms with van der Waals surface area (Å²) >= 11 is 6.26. The van der Waals surface area contributed by atoms with Gasteiger partial charge < -0.3 is 19.0 Å². The van der Waals surface area contributed by atoms with Gasteiger partial charge >= 0.3 is 0 Å². The second-order valence-corrected chi connectivity index (χ2v) is 7.37. The number of methoxy groups -OCH3 is 1. The molecule has 2 heterocycles. The van der Waals surface area contributed by atoms with E-state index >= 15 is 0 Å². The summed E-state index contributed by atoms with van der Waals surface area (Å²) in [5.41, 5.74) is 0.616. The molecule has 1 atom stereocenters. The van der Waals surface area contributed by atoms with Gasteiger partial charge in [0.05, 0.1) is 30.6 Å². The predicted octanol–water partition coefficient (Wildman–Crippen LogP) is 4.97. The number of amides is 1. The van der Waals surface area contributed by atoms with Crippen molar-refractivity contribution in [3.05, 3.63) is 82.8 Å². The number of halogens is 1. The third kappa shape index (κ3) is 3.71. The highest BCUT2D eigenvalue weighted by atomic mass is 35.5. The molecular weight excluding hydrogens is 434 g/mol. The predicted molar refractivity (Wildman–Crippen MR) is 119 cm³/mol. The van der Waals surface area contributed by atoms with Gasteiger partial charge in [0.15, 0.2) is 0 Å². The molecule has 1 N–H and O–H groups in total. The van der Waals surface area contributed by atoms with Gasteiger partial charge in [-0.05, 0) is 49.4 Å². The molecule has 1 aliphatic heterocycles. The van der Waals surface area contributed by atoms with Crippen LogP contribution in [0.25, 0.3) is 5.76 Å². The maximum absolute atomic E-state index is 13.1. The number of rotatable bonds is 6. The van der Waals surface area contributed by atoms with Crippen LogP contribution >= 0.6 is 11.6 Å². The molecule has 8 heteroatoms. The average Bonchev–Trinajstić information content (AvgIpc) is 3.41. The minimum absolute atomic E-state index is 0.0921. The number of anilines is 1. The lowest BCUT2D eigenvalue weighted by atomic mass is 9.99. The number of benzene rings is 2. The van der Waals surface area contributed by atoms with E-state index in [1.807, 2.05) is 6.92 Å². The average molecular weight is 454 g/mol. The first kappa shape index (κ1) is 21.5. The van der Waals surface area contributed by atoms with Crippen LogP contribution in [0.5, 0.6) is 11.5 Å². The van der Waals surface area contributed by atoms with E-state index in [2.05, 4.69) is 0 Å². The number of aliphatic hydroxyl groups is 1. The van der Waals surface area contributed by atoms with Crippen LogP contribution in [0.4, 0.5) is 5.69 Å². The Balaban J connectivity index is 1.88. The van der Waals surface area contributed by atoms with Crippen molar-refractivity contribution in [2.75, 3.05) is 18.6 Å². The fraction of sp³-hybridized carbons (Fsp3) is 0.167. The van der Waals surface area contributed by atoms with Gasteiger partial charge in [-0.2, -0.15) is 0 Å². The number of carbonyl (C=O) groups excluding carboxylic acids is 2. The Morgan fingerprint density at radius 1 is 1.16 bits per heavy atom. The second-order valence-electron chi connectivity index (χ2n) is 6.96. The van der Waals surface area contributed by atoms with Gasteiger partial charge in [-0.15, -0.1) is 0 Å². The lowest BCUT2D eigenvalue weighted by molar-refractivity contribution is -0.132. The van der Waals surface area contributed by atoms with Gasteiger partial charge in [-0.25, -0.2) is 0 Å². The van der Waals surface area contributed by atoms with E-state index in [-0.39, 0.29) is 16.4 Å². The molecule has 32 heavy (non-hydrogen) atoms. The SMILES string of the molecule is CCOc1cccc(/C(O)=C2/C(=O)C(=O)N(c3ccc(OC)c(Cl)c3)C2c2ccco2)c1. The fourth-order valence-electron chi connectivity index (χ4n) is 3.68. The summed E-state index contributed by atoms with van der Waals surface area (Å²) in [5.74, 6) is -0.698. The van der Waals surface area contributed by atoms with Gasteiger partial charge in [0.1, 0.15) is 29.1 Å². The Hall–Kier alpha value is -3.71. The zero-order chi connectivity index (χ0) is 22.8. The van der Waals surface area contributed by atoms with Crippen LogP contribution in [0.15, 0.2) is 70.9 Å². The van der Waals surface area contributed by atoms with E-state index in [4.69, 9.17) is 25.5 Å². The Morgan fingerprint density at radius 2 is 1.97 bits per heavy atom. The first-order valence-corrected chi connectivity index (χ1v) is 10.2. The number of aliphatic hydroxyl groups excluding tert-OH is 1. The summed E-state index contributed by atoms with van der Waals surface area (Å²) in [6, 6.07) is 13.7. The highest BCUT2D eigenvalue weighted by molar-refractivity contribution is 6.51. The standard InChI is InChI=1S/C24H20ClNO6/c1-3-31-16-7-4-6-14(12-16)22(27)20-21(19-8-5-11-32-19)26(24(29)23(20)28)15-9-10-18(30-2)17(25)13-15/h4-13,21,27H,3H2,1-2H3/b22-20-. The summed E-state index contributed by atoms with van der Waals surface area (Å²) in [5, 5.41) is 11.4. The second kappa shape index (κ2) is 8.80. The molecule has 1 unspecified atom stereocenters. The molecular formula is C24H20ClNO6. The summed E-state index contributed by atoms with van der Waals surface area (Å²) < 4.78 is 16.2. The fourth-order valence-corrected chi connectivity index (χ4v) is 3.93. The monoisotopic (exact) mass is 453 g/mol. The van der Waals surface area contributed by atoms with Crippen molar-refractivity contribution in [1.29, 1.82) is 0 Å². The van der Waals surface area contributed by atoms with Crippen LogP contribution < -0.4 is 14.4 Å². The number of carbonyl (C=O) groups is 2. The maximum atomic E-state index is 13.1. The third-order valence-corrected chi connectivity index (χ3v) is 5.38. The van der Waals surface area contributed by atoms with Crippen molar-refractivity contribution < 1.29 is 28.6 Å². The van der Waals surface area contributed by atoms with Gasteiger partial charge in [-0.1, -0.05) is 23.7 Å². The van der Waals surface area contributed by atoms with Gasteiger partial charge in [0.2, 0.25) is 0 Å². The molecule has 2 aromatic carbocycles. The van der Waals surface area contributed by atoms with Gasteiger partial charge in [0, 0.05) is 11.3 Å². The Morgan fingerprint density at radius 3 is 2.62 bits per heavy atom. The number of ketones is 1. The van der Waals surface area contributed by atoms with E-state index < -0.39 is 17.7 Å². The molecule has 1 aromatic heterocycles. The molecule has 0 saturated carbocycles. The molecule has 0 spiro atoms. The van der Waals surface area contributed by atoms with E-state index in [1.54, 1.807) is 48.5 Å². The molecule has 3 aromatic rings. The molecule has 0 radical (unpaired) electrons. The number of ether oxygens (including phenoxy) is 2. The largest absolute Gasteiger partial charge is 0.507 e. The van der Waals surface area contributed by atoms with E-state index in [1.165, 1.54) is 24.3 Å². The molecule has 1 saturated heterocycles. The topological polar surface area (TPSA) is 89.2 Å². The summed E-state index contributed by atoms with van der Waals surface area (Å²) in [7, 11) is 1.48. The van der Waals surface area contributed by atoms with Crippen LogP contribution in [0.2, 0.25) is 5.02 Å². The van der Waals surface area contributed by atoms with Crippen LogP contribution in [-0.4, -0.2) is 30.5 Å². The van der Waals surface area contributed by atoms with Gasteiger partial charge in [0.25, 0.3) is 11.7 Å². The molecule has 1 fully saturated rings. The van der Waals surface area contributed by atoms with Crippen molar-refractivity contribution in [2.24, 2.45) is 0 Å². The zero-order valence-electron chi connectivity index (χ0n) is 17.4. The van der Waals surface area contributed by atoms with Gasteiger partial charge in [-0.3, -0.25) is 14.5 Å². The van der Waals surface area contributed by atoms with Crippen LogP contribution in [0.1, 0.15) is 24.3 Å². The highest BCUT2D eigenvalue weighted by Gasteiger charge is 2.48.